The molecule has 0 amide bonds. The van der Waals surface area contributed by atoms with E-state index < -0.39 is 0 Å². The van der Waals surface area contributed by atoms with Gasteiger partial charge in [-0.3, -0.25) is 4.79 Å². The van der Waals surface area contributed by atoms with Gasteiger partial charge in [0.2, 0.25) is 0 Å². The Balaban J connectivity index is 2.43. The van der Waals surface area contributed by atoms with Crippen LogP contribution in [0.3, 0.4) is 0 Å². The van der Waals surface area contributed by atoms with Crippen LogP contribution in [-0.2, 0) is 11.2 Å². The van der Waals surface area contributed by atoms with Crippen LogP contribution in [0.5, 0.6) is 5.75 Å². The van der Waals surface area contributed by atoms with Gasteiger partial charge in [-0.1, -0.05) is 17.7 Å². The van der Waals surface area contributed by atoms with Gasteiger partial charge in [-0.05, 0) is 38.1 Å². The third-order valence-corrected chi connectivity index (χ3v) is 3.14. The van der Waals surface area contributed by atoms with Gasteiger partial charge in [0.1, 0.15) is 11.5 Å². The van der Waals surface area contributed by atoms with Crippen LogP contribution in [0.2, 0.25) is 5.02 Å². The monoisotopic (exact) mass is 269 g/mol. The highest BCUT2D eigenvalue weighted by Gasteiger charge is 2.04. The van der Waals surface area contributed by atoms with E-state index in [1.807, 2.05) is 25.2 Å². The Morgan fingerprint density at radius 3 is 2.67 bits per heavy atom. The van der Waals surface area contributed by atoms with Crippen molar-refractivity contribution in [3.63, 3.8) is 0 Å². The number of ketones is 1. The Kier molecular flexibility index (Phi) is 6.16. The standard InChI is InChI=1S/C14H20ClNO2/c1-11(17)6-8-16(2)9-7-12-4-5-14(18-3)13(15)10-12/h4-5,10H,6-9H2,1-3H3. The van der Waals surface area contributed by atoms with Gasteiger partial charge in [-0.15, -0.1) is 0 Å². The number of Topliss-reactive ketones (excluding diaryl/α,β-unsaturated/α-hetero) is 1. The molecule has 0 aliphatic rings. The lowest BCUT2D eigenvalue weighted by Gasteiger charge is -2.15. The maximum Gasteiger partial charge on any atom is 0.137 e. The SMILES string of the molecule is COc1ccc(CCN(C)CCC(C)=O)cc1Cl. The minimum Gasteiger partial charge on any atom is -0.495 e. The molecular weight excluding hydrogens is 250 g/mol. The molecule has 0 radical (unpaired) electrons. The summed E-state index contributed by atoms with van der Waals surface area (Å²) in [4.78, 5) is 13.0. The number of ether oxygens (including phenoxy) is 1. The van der Waals surface area contributed by atoms with Crippen molar-refractivity contribution in [2.24, 2.45) is 0 Å². The van der Waals surface area contributed by atoms with Gasteiger partial charge in [0.25, 0.3) is 0 Å². The lowest BCUT2D eigenvalue weighted by molar-refractivity contribution is -0.117. The van der Waals surface area contributed by atoms with Crippen LogP contribution in [0.25, 0.3) is 0 Å². The number of hydrogen-bond donors (Lipinski definition) is 0. The first-order valence-corrected chi connectivity index (χ1v) is 6.41. The molecule has 0 heterocycles. The van der Waals surface area contributed by atoms with Crippen LogP contribution in [-0.4, -0.2) is 37.9 Å². The largest absolute Gasteiger partial charge is 0.495 e. The number of rotatable bonds is 7. The van der Waals surface area contributed by atoms with Crippen LogP contribution in [0.1, 0.15) is 18.9 Å². The van der Waals surface area contributed by atoms with Crippen molar-refractivity contribution in [1.29, 1.82) is 0 Å². The Labute approximate surface area is 114 Å². The van der Waals surface area contributed by atoms with Gasteiger partial charge in [-0.2, -0.15) is 0 Å². The summed E-state index contributed by atoms with van der Waals surface area (Å²) in [6.07, 6.45) is 1.53. The molecule has 1 rings (SSSR count). The highest BCUT2D eigenvalue weighted by Crippen LogP contribution is 2.25. The highest BCUT2D eigenvalue weighted by molar-refractivity contribution is 6.32. The molecule has 0 aromatic heterocycles. The number of methoxy groups -OCH3 is 1. The second kappa shape index (κ2) is 7.39. The second-order valence-electron chi connectivity index (χ2n) is 4.47. The normalized spacial score (nSPS) is 10.7. The smallest absolute Gasteiger partial charge is 0.137 e. The maximum atomic E-state index is 10.9. The number of likely N-dealkylation sites (N-methyl/N-ethyl adjacent to an activating group) is 1. The van der Waals surface area contributed by atoms with Crippen molar-refractivity contribution in [2.75, 3.05) is 27.2 Å². The minimum absolute atomic E-state index is 0.231. The van der Waals surface area contributed by atoms with Gasteiger partial charge in [0.15, 0.2) is 0 Å². The van der Waals surface area contributed by atoms with E-state index >= 15 is 0 Å². The number of carbonyl (C=O) groups excluding carboxylic acids is 1. The molecule has 1 aromatic carbocycles. The lowest BCUT2D eigenvalue weighted by Crippen LogP contribution is -2.23. The van der Waals surface area contributed by atoms with E-state index in [-0.39, 0.29) is 5.78 Å². The van der Waals surface area contributed by atoms with Crippen molar-refractivity contribution in [3.8, 4) is 5.75 Å². The zero-order valence-electron chi connectivity index (χ0n) is 11.2. The second-order valence-corrected chi connectivity index (χ2v) is 4.88. The van der Waals surface area contributed by atoms with E-state index in [4.69, 9.17) is 16.3 Å². The van der Waals surface area contributed by atoms with E-state index in [1.54, 1.807) is 14.0 Å². The highest BCUT2D eigenvalue weighted by atomic mass is 35.5. The first kappa shape index (κ1) is 15.0. The third kappa shape index (κ3) is 5.07. The third-order valence-electron chi connectivity index (χ3n) is 2.84. The first-order valence-electron chi connectivity index (χ1n) is 6.03. The summed E-state index contributed by atoms with van der Waals surface area (Å²) in [6.45, 7) is 3.34. The topological polar surface area (TPSA) is 29.5 Å². The molecule has 100 valence electrons. The Morgan fingerprint density at radius 2 is 2.11 bits per heavy atom. The summed E-state index contributed by atoms with van der Waals surface area (Å²) in [5.74, 6) is 0.930. The van der Waals surface area contributed by atoms with E-state index in [9.17, 15) is 4.79 Å². The van der Waals surface area contributed by atoms with Gasteiger partial charge in [-0.25, -0.2) is 0 Å². The zero-order valence-corrected chi connectivity index (χ0v) is 12.0. The average molecular weight is 270 g/mol. The van der Waals surface area contributed by atoms with E-state index in [0.29, 0.717) is 17.2 Å². The lowest BCUT2D eigenvalue weighted by atomic mass is 10.1. The molecule has 18 heavy (non-hydrogen) atoms. The molecule has 0 aliphatic carbocycles. The molecule has 0 saturated carbocycles. The molecule has 3 nitrogen and oxygen atoms in total. The van der Waals surface area contributed by atoms with Crippen molar-refractivity contribution in [2.45, 2.75) is 19.8 Å². The molecule has 0 bridgehead atoms. The molecule has 0 fully saturated rings. The fourth-order valence-electron chi connectivity index (χ4n) is 1.65. The van der Waals surface area contributed by atoms with E-state index in [1.165, 1.54) is 5.56 Å². The summed E-state index contributed by atoms with van der Waals surface area (Å²) < 4.78 is 5.11. The van der Waals surface area contributed by atoms with Gasteiger partial charge < -0.3 is 9.64 Å². The molecule has 0 unspecified atom stereocenters. The number of carbonyl (C=O) groups is 1. The fraction of sp³-hybridized carbons (Fsp3) is 0.500. The number of nitrogens with zero attached hydrogens (tertiary/aromatic N) is 1. The summed E-state index contributed by atoms with van der Waals surface area (Å²) >= 11 is 6.06. The van der Waals surface area contributed by atoms with Crippen molar-refractivity contribution in [3.05, 3.63) is 28.8 Å². The van der Waals surface area contributed by atoms with Crippen LogP contribution in [0, 0.1) is 0 Å². The summed E-state index contributed by atoms with van der Waals surface area (Å²) in [5.41, 5.74) is 1.18. The van der Waals surface area contributed by atoms with Gasteiger partial charge in [0.05, 0.1) is 12.1 Å². The zero-order chi connectivity index (χ0) is 13.5. The summed E-state index contributed by atoms with van der Waals surface area (Å²) in [7, 11) is 3.63. The Morgan fingerprint density at radius 1 is 1.39 bits per heavy atom. The van der Waals surface area contributed by atoms with Crippen molar-refractivity contribution >= 4 is 17.4 Å². The number of halogens is 1. The molecule has 0 N–H and O–H groups in total. The van der Waals surface area contributed by atoms with Crippen LogP contribution >= 0.6 is 11.6 Å². The molecule has 0 atom stereocenters. The molecule has 1 aromatic rings. The first-order chi connectivity index (χ1) is 8.52. The Bertz CT molecular complexity index is 407. The minimum atomic E-state index is 0.231. The fourth-order valence-corrected chi connectivity index (χ4v) is 1.93. The molecule has 0 spiro atoms. The summed E-state index contributed by atoms with van der Waals surface area (Å²) in [6, 6.07) is 5.83. The summed E-state index contributed by atoms with van der Waals surface area (Å²) in [5, 5.41) is 0.640. The average Bonchev–Trinajstić information content (AvgIpc) is 2.34. The number of hydrogen-bond acceptors (Lipinski definition) is 3. The molecule has 0 saturated heterocycles. The van der Waals surface area contributed by atoms with Crippen molar-refractivity contribution in [1.82, 2.24) is 4.90 Å². The molecule has 4 heteroatoms. The molecule has 0 aliphatic heterocycles. The van der Waals surface area contributed by atoms with Crippen LogP contribution < -0.4 is 4.74 Å². The van der Waals surface area contributed by atoms with Crippen molar-refractivity contribution < 1.29 is 9.53 Å². The quantitative estimate of drug-likeness (QED) is 0.762. The predicted molar refractivity (Wildman–Crippen MR) is 74.5 cm³/mol. The van der Waals surface area contributed by atoms with Gasteiger partial charge >= 0.3 is 0 Å². The van der Waals surface area contributed by atoms with Crippen LogP contribution in [0.4, 0.5) is 0 Å². The maximum absolute atomic E-state index is 10.9. The van der Waals surface area contributed by atoms with Gasteiger partial charge in [0, 0.05) is 19.5 Å². The molecular formula is C14H20ClNO2. The van der Waals surface area contributed by atoms with Crippen LogP contribution in [0.15, 0.2) is 18.2 Å². The van der Waals surface area contributed by atoms with E-state index in [0.717, 1.165) is 19.5 Å². The predicted octanol–water partition coefficient (Wildman–Crippen LogP) is 2.80. The van der Waals surface area contributed by atoms with E-state index in [2.05, 4.69) is 4.90 Å². The number of benzene rings is 1. The Hall–Kier alpha value is -1.06.